The largest absolute Gasteiger partial charge is 0.368 e. The molecule has 0 unspecified atom stereocenters. The number of rotatable bonds is 4. The molecule has 2 rings (SSSR count). The minimum atomic E-state index is -0.596. The van der Waals surface area contributed by atoms with Crippen LogP contribution in [-0.2, 0) is 11.3 Å². The lowest BCUT2D eigenvalue weighted by atomic mass is 10.1. The number of nitrogens with two attached hydrogens (primary N) is 1. The van der Waals surface area contributed by atoms with E-state index in [1.807, 2.05) is 0 Å². The van der Waals surface area contributed by atoms with Gasteiger partial charge in [0.15, 0.2) is 0 Å². The molecule has 17 heavy (non-hydrogen) atoms. The summed E-state index contributed by atoms with van der Waals surface area (Å²) in [7, 11) is 0. The number of nitriles is 1. The second-order valence-corrected chi connectivity index (χ2v) is 4.23. The van der Waals surface area contributed by atoms with Crippen LogP contribution in [0.4, 0.5) is 4.39 Å². The summed E-state index contributed by atoms with van der Waals surface area (Å²) in [5.74, 6) is -0.896. The number of benzene rings is 1. The van der Waals surface area contributed by atoms with E-state index < -0.39 is 11.4 Å². The highest BCUT2D eigenvalue weighted by Crippen LogP contribution is 2.35. The Kier molecular flexibility index (Phi) is 2.82. The molecule has 0 aliphatic heterocycles. The van der Waals surface area contributed by atoms with Crippen LogP contribution in [0.2, 0.25) is 0 Å². The van der Waals surface area contributed by atoms with Crippen molar-refractivity contribution in [2.24, 2.45) is 5.73 Å². The van der Waals surface area contributed by atoms with E-state index in [0.29, 0.717) is 6.54 Å². The number of primary amides is 1. The van der Waals surface area contributed by atoms with Crippen molar-refractivity contribution >= 4 is 5.91 Å². The highest BCUT2D eigenvalue weighted by Gasteiger charge is 2.47. The summed E-state index contributed by atoms with van der Waals surface area (Å²) >= 11 is 0. The van der Waals surface area contributed by atoms with Gasteiger partial charge in [0.05, 0.1) is 11.1 Å². The average molecular weight is 233 g/mol. The predicted octanol–water partition coefficient (Wildman–Crippen LogP) is 0.805. The van der Waals surface area contributed by atoms with E-state index in [-0.39, 0.29) is 11.5 Å². The minimum Gasteiger partial charge on any atom is -0.368 e. The van der Waals surface area contributed by atoms with E-state index in [9.17, 15) is 9.18 Å². The molecule has 1 fully saturated rings. The molecule has 0 aromatic heterocycles. The maximum absolute atomic E-state index is 13.1. The first kappa shape index (κ1) is 11.6. The van der Waals surface area contributed by atoms with Gasteiger partial charge in [-0.3, -0.25) is 10.1 Å². The fraction of sp³-hybridized carbons (Fsp3) is 0.333. The third kappa shape index (κ3) is 2.27. The number of carbonyl (C=O) groups excluding carboxylic acids is 1. The third-order valence-electron chi connectivity index (χ3n) is 3.00. The first-order valence-corrected chi connectivity index (χ1v) is 5.31. The second kappa shape index (κ2) is 4.15. The monoisotopic (exact) mass is 233 g/mol. The zero-order chi connectivity index (χ0) is 12.5. The molecule has 1 aliphatic rings. The summed E-state index contributed by atoms with van der Waals surface area (Å²) in [5.41, 5.74) is 5.43. The molecule has 1 aromatic carbocycles. The second-order valence-electron chi connectivity index (χ2n) is 4.23. The summed E-state index contributed by atoms with van der Waals surface area (Å²) in [6, 6.07) is 6.08. The molecular formula is C12H12FN3O. The Labute approximate surface area is 98.2 Å². The SMILES string of the molecule is N#Cc1cc(CNC2(C(N)=O)CC2)ccc1F. The molecule has 1 aliphatic carbocycles. The van der Waals surface area contributed by atoms with Gasteiger partial charge in [-0.25, -0.2) is 4.39 Å². The van der Waals surface area contributed by atoms with Crippen molar-refractivity contribution < 1.29 is 9.18 Å². The molecule has 0 radical (unpaired) electrons. The molecule has 0 saturated heterocycles. The Morgan fingerprint density at radius 1 is 1.59 bits per heavy atom. The van der Waals surface area contributed by atoms with Crippen molar-refractivity contribution in [3.8, 4) is 6.07 Å². The molecular weight excluding hydrogens is 221 g/mol. The predicted molar refractivity (Wildman–Crippen MR) is 59.1 cm³/mol. The van der Waals surface area contributed by atoms with E-state index in [1.165, 1.54) is 12.1 Å². The van der Waals surface area contributed by atoms with E-state index >= 15 is 0 Å². The zero-order valence-corrected chi connectivity index (χ0v) is 9.16. The summed E-state index contributed by atoms with van der Waals surface area (Å²) < 4.78 is 13.1. The van der Waals surface area contributed by atoms with Gasteiger partial charge in [0.2, 0.25) is 5.91 Å². The molecule has 5 heteroatoms. The normalized spacial score (nSPS) is 16.2. The van der Waals surface area contributed by atoms with Gasteiger partial charge in [0.1, 0.15) is 11.9 Å². The van der Waals surface area contributed by atoms with E-state index in [0.717, 1.165) is 18.4 Å². The van der Waals surface area contributed by atoms with Crippen LogP contribution in [0.3, 0.4) is 0 Å². The standard InChI is InChI=1S/C12H12FN3O/c13-10-2-1-8(5-9(10)6-14)7-16-12(3-4-12)11(15)17/h1-2,5,16H,3-4,7H2,(H2,15,17). The molecule has 0 atom stereocenters. The van der Waals surface area contributed by atoms with Crippen LogP contribution in [-0.4, -0.2) is 11.4 Å². The lowest BCUT2D eigenvalue weighted by Gasteiger charge is -2.13. The first-order chi connectivity index (χ1) is 8.07. The van der Waals surface area contributed by atoms with Crippen LogP contribution in [0.5, 0.6) is 0 Å². The quantitative estimate of drug-likeness (QED) is 0.807. The van der Waals surface area contributed by atoms with Gasteiger partial charge in [0, 0.05) is 6.54 Å². The van der Waals surface area contributed by atoms with Gasteiger partial charge in [-0.1, -0.05) is 6.07 Å². The van der Waals surface area contributed by atoms with E-state index in [1.54, 1.807) is 12.1 Å². The maximum atomic E-state index is 13.1. The summed E-state index contributed by atoms with van der Waals surface area (Å²) in [5, 5.41) is 11.7. The molecule has 0 spiro atoms. The Morgan fingerprint density at radius 2 is 2.29 bits per heavy atom. The van der Waals surface area contributed by atoms with Crippen molar-refractivity contribution in [2.75, 3.05) is 0 Å². The van der Waals surface area contributed by atoms with E-state index in [4.69, 9.17) is 11.0 Å². The highest BCUT2D eigenvalue weighted by molar-refractivity contribution is 5.87. The summed E-state index contributed by atoms with van der Waals surface area (Å²) in [6.07, 6.45) is 1.46. The minimum absolute atomic E-state index is 0.00761. The average Bonchev–Trinajstić information content (AvgIpc) is 3.09. The number of hydrogen-bond acceptors (Lipinski definition) is 3. The van der Waals surface area contributed by atoms with Crippen LogP contribution in [0.1, 0.15) is 24.0 Å². The highest BCUT2D eigenvalue weighted by atomic mass is 19.1. The number of nitrogens with one attached hydrogen (secondary N) is 1. The molecule has 1 aromatic rings. The molecule has 0 heterocycles. The number of carbonyl (C=O) groups is 1. The van der Waals surface area contributed by atoms with Crippen molar-refractivity contribution in [1.29, 1.82) is 5.26 Å². The van der Waals surface area contributed by atoms with Gasteiger partial charge >= 0.3 is 0 Å². The lowest BCUT2D eigenvalue weighted by molar-refractivity contribution is -0.121. The van der Waals surface area contributed by atoms with Gasteiger partial charge in [-0.15, -0.1) is 0 Å². The maximum Gasteiger partial charge on any atom is 0.237 e. The van der Waals surface area contributed by atoms with Crippen molar-refractivity contribution in [3.63, 3.8) is 0 Å². The van der Waals surface area contributed by atoms with Crippen LogP contribution in [0.25, 0.3) is 0 Å². The molecule has 88 valence electrons. The van der Waals surface area contributed by atoms with Gasteiger partial charge in [-0.2, -0.15) is 5.26 Å². The van der Waals surface area contributed by atoms with Gasteiger partial charge in [-0.05, 0) is 30.5 Å². The Bertz CT molecular complexity index is 503. The third-order valence-corrected chi connectivity index (χ3v) is 3.00. The van der Waals surface area contributed by atoms with Crippen molar-refractivity contribution in [3.05, 3.63) is 35.1 Å². The zero-order valence-electron chi connectivity index (χ0n) is 9.16. The molecule has 0 bridgehead atoms. The summed E-state index contributed by atoms with van der Waals surface area (Å²) in [6.45, 7) is 0.401. The van der Waals surface area contributed by atoms with Crippen LogP contribution in [0, 0.1) is 17.1 Å². The number of nitrogens with zero attached hydrogens (tertiary/aromatic N) is 1. The lowest BCUT2D eigenvalue weighted by Crippen LogP contribution is -2.43. The molecule has 1 saturated carbocycles. The Balaban J connectivity index is 2.06. The molecule has 1 amide bonds. The fourth-order valence-corrected chi connectivity index (χ4v) is 1.67. The Morgan fingerprint density at radius 3 is 2.82 bits per heavy atom. The molecule has 3 N–H and O–H groups in total. The van der Waals surface area contributed by atoms with E-state index in [2.05, 4.69) is 5.32 Å². The number of amides is 1. The summed E-state index contributed by atoms with van der Waals surface area (Å²) in [4.78, 5) is 11.1. The van der Waals surface area contributed by atoms with Crippen molar-refractivity contribution in [2.45, 2.75) is 24.9 Å². The first-order valence-electron chi connectivity index (χ1n) is 5.31. The van der Waals surface area contributed by atoms with Crippen LogP contribution >= 0.6 is 0 Å². The molecule has 4 nitrogen and oxygen atoms in total. The Hall–Kier alpha value is -1.93. The smallest absolute Gasteiger partial charge is 0.237 e. The number of halogens is 1. The van der Waals surface area contributed by atoms with Gasteiger partial charge in [0.25, 0.3) is 0 Å². The topological polar surface area (TPSA) is 78.9 Å². The number of hydrogen-bond donors (Lipinski definition) is 2. The van der Waals surface area contributed by atoms with Crippen LogP contribution in [0.15, 0.2) is 18.2 Å². The van der Waals surface area contributed by atoms with Crippen molar-refractivity contribution in [1.82, 2.24) is 5.32 Å². The van der Waals surface area contributed by atoms with Gasteiger partial charge < -0.3 is 5.73 Å². The fourth-order valence-electron chi connectivity index (χ4n) is 1.67. The van der Waals surface area contributed by atoms with Crippen LogP contribution < -0.4 is 11.1 Å².